The van der Waals surface area contributed by atoms with Crippen molar-refractivity contribution < 1.29 is 25.2 Å². The molecule has 0 saturated heterocycles. The summed E-state index contributed by atoms with van der Waals surface area (Å²) in [6.45, 7) is 9.01. The molecule has 0 heterocycles. The first-order valence-corrected chi connectivity index (χ1v) is 12.8. The maximum Gasteiger partial charge on any atom is 0.303 e. The molecule has 4 saturated carbocycles. The summed E-state index contributed by atoms with van der Waals surface area (Å²) >= 11 is 0. The highest BCUT2D eigenvalue weighted by Crippen LogP contribution is 2.69. The van der Waals surface area contributed by atoms with E-state index in [0.717, 1.165) is 44.9 Å². The normalized spacial score (nSPS) is 52.7. The Morgan fingerprint density at radius 3 is 2.42 bits per heavy atom. The van der Waals surface area contributed by atoms with E-state index in [1.54, 1.807) is 0 Å². The molecule has 178 valence electrons. The zero-order chi connectivity index (χ0) is 22.7. The molecule has 0 spiro atoms. The minimum absolute atomic E-state index is 0.0302. The molecule has 4 N–H and O–H groups in total. The van der Waals surface area contributed by atoms with Crippen LogP contribution in [0.25, 0.3) is 0 Å². The monoisotopic (exact) mass is 436 g/mol. The van der Waals surface area contributed by atoms with Crippen LogP contribution in [0.5, 0.6) is 0 Å². The Hall–Kier alpha value is -0.650. The van der Waals surface area contributed by atoms with Gasteiger partial charge in [0.2, 0.25) is 0 Å². The average Bonchev–Trinajstić information content (AvgIpc) is 3.04. The Kier molecular flexibility index (Phi) is 6.28. The second-order valence-corrected chi connectivity index (χ2v) is 12.2. The van der Waals surface area contributed by atoms with Gasteiger partial charge in [-0.2, -0.15) is 0 Å². The first kappa shape index (κ1) is 23.5. The number of carboxylic acid groups (broad SMARTS) is 1. The summed E-state index contributed by atoms with van der Waals surface area (Å²) in [5, 5.41) is 42.9. The number of aliphatic carboxylic acids is 1. The van der Waals surface area contributed by atoms with Gasteiger partial charge >= 0.3 is 5.97 Å². The van der Waals surface area contributed by atoms with Gasteiger partial charge in [0.25, 0.3) is 0 Å². The number of aliphatic hydroxyl groups is 3. The van der Waals surface area contributed by atoms with Crippen molar-refractivity contribution in [3.63, 3.8) is 0 Å². The van der Waals surface area contributed by atoms with Crippen LogP contribution in [0.3, 0.4) is 0 Å². The van der Waals surface area contributed by atoms with E-state index in [9.17, 15) is 20.1 Å². The van der Waals surface area contributed by atoms with Gasteiger partial charge in [0, 0.05) is 6.42 Å². The lowest BCUT2D eigenvalue weighted by molar-refractivity contribution is -0.235. The van der Waals surface area contributed by atoms with E-state index < -0.39 is 18.2 Å². The number of hydrogen-bond donors (Lipinski definition) is 4. The van der Waals surface area contributed by atoms with Gasteiger partial charge < -0.3 is 20.4 Å². The first-order valence-electron chi connectivity index (χ1n) is 12.8. The maximum absolute atomic E-state index is 11.7. The predicted molar refractivity (Wildman–Crippen MR) is 119 cm³/mol. The fraction of sp³-hybridized carbons (Fsp3) is 0.962. The Balaban J connectivity index is 1.66. The minimum Gasteiger partial charge on any atom is -0.481 e. The highest BCUT2D eigenvalue weighted by molar-refractivity contribution is 5.66. The van der Waals surface area contributed by atoms with Crippen molar-refractivity contribution in [2.45, 2.75) is 104 Å². The molecule has 0 bridgehead atoms. The Bertz CT molecular complexity index is 681. The van der Waals surface area contributed by atoms with Crippen LogP contribution in [-0.4, -0.2) is 44.7 Å². The molecule has 0 amide bonds. The van der Waals surface area contributed by atoms with Crippen molar-refractivity contribution in [3.8, 4) is 0 Å². The molecular formula is C26H44O5. The second kappa shape index (κ2) is 8.29. The molecular weight excluding hydrogens is 392 g/mol. The van der Waals surface area contributed by atoms with Crippen molar-refractivity contribution in [1.82, 2.24) is 0 Å². The van der Waals surface area contributed by atoms with Crippen molar-refractivity contribution in [2.24, 2.45) is 52.3 Å². The van der Waals surface area contributed by atoms with Crippen molar-refractivity contribution >= 4 is 5.97 Å². The van der Waals surface area contributed by atoms with Gasteiger partial charge in [0.15, 0.2) is 0 Å². The van der Waals surface area contributed by atoms with Crippen LogP contribution >= 0.6 is 0 Å². The highest BCUT2D eigenvalue weighted by Gasteiger charge is 2.67. The van der Waals surface area contributed by atoms with Gasteiger partial charge in [-0.05, 0) is 97.2 Å². The lowest BCUT2D eigenvalue weighted by Crippen LogP contribution is -2.65. The lowest BCUT2D eigenvalue weighted by atomic mass is 9.40. The number of hydrogen-bond acceptors (Lipinski definition) is 4. The quantitative estimate of drug-likeness (QED) is 0.520. The highest BCUT2D eigenvalue weighted by atomic mass is 16.4. The summed E-state index contributed by atoms with van der Waals surface area (Å²) in [5.41, 5.74) is -0.0767. The van der Waals surface area contributed by atoms with Gasteiger partial charge in [-0.1, -0.05) is 34.1 Å². The number of fused-ring (bicyclic) bond motifs is 5. The van der Waals surface area contributed by atoms with Gasteiger partial charge in [-0.25, -0.2) is 0 Å². The number of carboxylic acids is 1. The summed E-state index contributed by atoms with van der Waals surface area (Å²) in [4.78, 5) is 11.1. The number of aliphatic hydroxyl groups excluding tert-OH is 3. The number of carbonyl (C=O) groups is 1. The lowest BCUT2D eigenvalue weighted by Gasteiger charge is -2.66. The van der Waals surface area contributed by atoms with E-state index in [-0.39, 0.29) is 47.0 Å². The maximum atomic E-state index is 11.7. The Labute approximate surface area is 187 Å². The standard InChI is InChI=1S/C26H44O5/c1-5-16-19-12-15(27)10-11-25(19,3)23-20(28)13-26(4)17(14(2)6-9-21(29)30)7-8-18(26)22(23)24(16)31/h14-20,22-24,27-28,31H,5-13H2,1-4H3,(H,29,30). The van der Waals surface area contributed by atoms with Gasteiger partial charge in [-0.3, -0.25) is 4.79 Å². The molecule has 0 aromatic carbocycles. The van der Waals surface area contributed by atoms with Crippen LogP contribution in [0.15, 0.2) is 0 Å². The average molecular weight is 437 g/mol. The summed E-state index contributed by atoms with van der Waals surface area (Å²) in [6, 6.07) is 0. The SMILES string of the molecule is CCC1C(O)C2C3CCC(C(C)CCC(=O)O)C3(C)CC(O)C2C2(C)CCC(O)CC12. The molecule has 5 nitrogen and oxygen atoms in total. The fourth-order valence-corrected chi connectivity index (χ4v) is 9.60. The molecule has 4 fully saturated rings. The second-order valence-electron chi connectivity index (χ2n) is 12.2. The van der Waals surface area contributed by atoms with Gasteiger partial charge in [0.05, 0.1) is 18.3 Å². The van der Waals surface area contributed by atoms with E-state index >= 15 is 0 Å². The van der Waals surface area contributed by atoms with Crippen molar-refractivity contribution in [1.29, 1.82) is 0 Å². The molecule has 4 rings (SSSR count). The summed E-state index contributed by atoms with van der Waals surface area (Å²) < 4.78 is 0. The minimum atomic E-state index is -0.734. The molecule has 0 aromatic rings. The third-order valence-electron chi connectivity index (χ3n) is 10.9. The number of rotatable bonds is 5. The van der Waals surface area contributed by atoms with E-state index in [1.807, 2.05) is 0 Å². The topological polar surface area (TPSA) is 98.0 Å². The van der Waals surface area contributed by atoms with E-state index in [4.69, 9.17) is 5.11 Å². The predicted octanol–water partition coefficient (Wildman–Crippen LogP) is 4.08. The van der Waals surface area contributed by atoms with Crippen LogP contribution in [0.4, 0.5) is 0 Å². The zero-order valence-electron chi connectivity index (χ0n) is 19.8. The van der Waals surface area contributed by atoms with Crippen LogP contribution in [0.2, 0.25) is 0 Å². The van der Waals surface area contributed by atoms with Crippen molar-refractivity contribution in [2.75, 3.05) is 0 Å². The van der Waals surface area contributed by atoms with Gasteiger partial charge in [-0.15, -0.1) is 0 Å². The largest absolute Gasteiger partial charge is 0.481 e. The van der Waals surface area contributed by atoms with Crippen LogP contribution in [0.1, 0.15) is 85.5 Å². The summed E-state index contributed by atoms with van der Waals surface area (Å²) in [7, 11) is 0. The molecule has 12 unspecified atom stereocenters. The summed E-state index contributed by atoms with van der Waals surface area (Å²) in [6.07, 6.45) is 6.04. The first-order chi connectivity index (χ1) is 14.5. The molecule has 0 radical (unpaired) electrons. The third kappa shape index (κ3) is 3.58. The van der Waals surface area contributed by atoms with Crippen LogP contribution in [0, 0.1) is 52.3 Å². The van der Waals surface area contributed by atoms with E-state index in [0.29, 0.717) is 24.2 Å². The van der Waals surface area contributed by atoms with Crippen molar-refractivity contribution in [3.05, 3.63) is 0 Å². The molecule has 12 atom stereocenters. The smallest absolute Gasteiger partial charge is 0.303 e. The van der Waals surface area contributed by atoms with Crippen LogP contribution < -0.4 is 0 Å². The Morgan fingerprint density at radius 1 is 1.06 bits per heavy atom. The summed E-state index contributed by atoms with van der Waals surface area (Å²) in [5.74, 6) is 1.00. The van der Waals surface area contributed by atoms with Gasteiger partial charge in [0.1, 0.15) is 0 Å². The molecule has 4 aliphatic carbocycles. The molecule has 5 heteroatoms. The fourth-order valence-electron chi connectivity index (χ4n) is 9.60. The van der Waals surface area contributed by atoms with E-state index in [2.05, 4.69) is 27.7 Å². The zero-order valence-corrected chi connectivity index (χ0v) is 19.8. The van der Waals surface area contributed by atoms with E-state index in [1.165, 1.54) is 0 Å². The molecule has 4 aliphatic rings. The van der Waals surface area contributed by atoms with Crippen LogP contribution in [-0.2, 0) is 4.79 Å². The molecule has 31 heavy (non-hydrogen) atoms. The third-order valence-corrected chi connectivity index (χ3v) is 10.9. The molecule has 0 aliphatic heterocycles. The Morgan fingerprint density at radius 2 is 1.77 bits per heavy atom. The molecule has 0 aromatic heterocycles.